The maximum absolute atomic E-state index is 5.64. The normalized spacial score (nSPS) is 14.5. The molecule has 0 aromatic heterocycles. The molecule has 0 radical (unpaired) electrons. The summed E-state index contributed by atoms with van der Waals surface area (Å²) in [5.74, 6) is 0. The molecule has 0 saturated heterocycles. The number of hydrogen-bond acceptors (Lipinski definition) is 5. The maximum atomic E-state index is 5.64. The van der Waals surface area contributed by atoms with E-state index in [2.05, 4.69) is 0 Å². The Morgan fingerprint density at radius 1 is 0.684 bits per heavy atom. The topological polar surface area (TPSA) is 46.2 Å². The Morgan fingerprint density at radius 2 is 1.11 bits per heavy atom. The van der Waals surface area contributed by atoms with Crippen molar-refractivity contribution in [3.05, 3.63) is 0 Å². The lowest BCUT2D eigenvalue weighted by Gasteiger charge is -2.19. The minimum Gasteiger partial charge on any atom is -0.382 e. The van der Waals surface area contributed by atoms with Gasteiger partial charge in [0.1, 0.15) is 0 Å². The van der Waals surface area contributed by atoms with Crippen LogP contribution < -0.4 is 0 Å². The predicted molar refractivity (Wildman–Crippen MR) is 74.6 cm³/mol. The second-order valence-electron chi connectivity index (χ2n) is 4.22. The molecule has 19 heavy (non-hydrogen) atoms. The Bertz CT molecular complexity index is 159. The molecule has 0 fully saturated rings. The minimum absolute atomic E-state index is 0.0796. The number of rotatable bonds is 14. The third-order valence-corrected chi connectivity index (χ3v) is 2.85. The second-order valence-corrected chi connectivity index (χ2v) is 4.22. The molecule has 0 aromatic carbocycles. The Kier molecular flexibility index (Phi) is 14.1. The van der Waals surface area contributed by atoms with Crippen molar-refractivity contribution in [3.63, 3.8) is 0 Å². The van der Waals surface area contributed by atoms with E-state index in [1.165, 1.54) is 0 Å². The molecule has 0 aliphatic heterocycles. The number of methoxy groups -OCH3 is 2. The minimum atomic E-state index is 0.0796. The molecule has 0 bridgehead atoms. The molecule has 0 aromatic rings. The molecule has 2 atom stereocenters. The average Bonchev–Trinajstić information content (AvgIpc) is 2.44. The first-order chi connectivity index (χ1) is 9.28. The molecule has 0 aliphatic carbocycles. The molecule has 0 rings (SSSR count). The van der Waals surface area contributed by atoms with Crippen LogP contribution in [0.4, 0.5) is 0 Å². The van der Waals surface area contributed by atoms with E-state index in [-0.39, 0.29) is 12.2 Å². The fraction of sp³-hybridized carbons (Fsp3) is 1.00. The molecule has 5 nitrogen and oxygen atoms in total. The van der Waals surface area contributed by atoms with E-state index in [1.54, 1.807) is 14.2 Å². The SMILES string of the molecule is CCOCCC(COCC(CCOCC)OC)OC. The third-order valence-electron chi connectivity index (χ3n) is 2.85. The van der Waals surface area contributed by atoms with Crippen LogP contribution in [-0.4, -0.2) is 66.1 Å². The lowest BCUT2D eigenvalue weighted by molar-refractivity contribution is -0.0501. The van der Waals surface area contributed by atoms with Gasteiger partial charge in [0.2, 0.25) is 0 Å². The van der Waals surface area contributed by atoms with E-state index in [9.17, 15) is 0 Å². The van der Waals surface area contributed by atoms with Crippen molar-refractivity contribution in [2.24, 2.45) is 0 Å². The molecular weight excluding hydrogens is 248 g/mol. The summed E-state index contributed by atoms with van der Waals surface area (Å²) in [7, 11) is 3.39. The van der Waals surface area contributed by atoms with Crippen LogP contribution in [0.3, 0.4) is 0 Å². The zero-order valence-corrected chi connectivity index (χ0v) is 12.9. The van der Waals surface area contributed by atoms with Gasteiger partial charge in [-0.05, 0) is 26.7 Å². The first-order valence-electron chi connectivity index (χ1n) is 7.07. The van der Waals surface area contributed by atoms with Gasteiger partial charge in [-0.25, -0.2) is 0 Å². The summed E-state index contributed by atoms with van der Waals surface area (Å²) in [5, 5.41) is 0. The van der Waals surface area contributed by atoms with Crippen LogP contribution in [0.2, 0.25) is 0 Å². The summed E-state index contributed by atoms with van der Waals surface area (Å²) in [6.07, 6.45) is 1.86. The molecule has 0 saturated carbocycles. The van der Waals surface area contributed by atoms with E-state index in [4.69, 9.17) is 23.7 Å². The zero-order chi connectivity index (χ0) is 14.3. The Balaban J connectivity index is 3.64. The number of ether oxygens (including phenoxy) is 5. The predicted octanol–water partition coefficient (Wildman–Crippen LogP) is 1.89. The summed E-state index contributed by atoms with van der Waals surface area (Å²) in [6, 6.07) is 0. The van der Waals surface area contributed by atoms with Gasteiger partial charge in [0.15, 0.2) is 0 Å². The van der Waals surface area contributed by atoms with Gasteiger partial charge < -0.3 is 23.7 Å². The van der Waals surface area contributed by atoms with Crippen molar-refractivity contribution in [1.82, 2.24) is 0 Å². The zero-order valence-electron chi connectivity index (χ0n) is 12.9. The average molecular weight is 278 g/mol. The first kappa shape index (κ1) is 18.8. The molecule has 116 valence electrons. The van der Waals surface area contributed by atoms with Crippen molar-refractivity contribution < 1.29 is 23.7 Å². The highest BCUT2D eigenvalue weighted by molar-refractivity contribution is 4.59. The van der Waals surface area contributed by atoms with Crippen molar-refractivity contribution in [2.45, 2.75) is 38.9 Å². The van der Waals surface area contributed by atoms with Gasteiger partial charge in [-0.1, -0.05) is 0 Å². The van der Waals surface area contributed by atoms with Gasteiger partial charge in [0, 0.05) is 40.6 Å². The third kappa shape index (κ3) is 11.3. The number of hydrogen-bond donors (Lipinski definition) is 0. The molecule has 2 unspecified atom stereocenters. The quantitative estimate of drug-likeness (QED) is 0.454. The summed E-state index contributed by atoms with van der Waals surface area (Å²) < 4.78 is 26.9. The van der Waals surface area contributed by atoms with Crippen molar-refractivity contribution in [3.8, 4) is 0 Å². The van der Waals surface area contributed by atoms with Crippen LogP contribution in [0.25, 0.3) is 0 Å². The fourth-order valence-corrected chi connectivity index (χ4v) is 1.59. The van der Waals surface area contributed by atoms with Crippen LogP contribution in [0, 0.1) is 0 Å². The smallest absolute Gasteiger partial charge is 0.0826 e. The van der Waals surface area contributed by atoms with Crippen molar-refractivity contribution in [1.29, 1.82) is 0 Å². The summed E-state index contributed by atoms with van der Waals surface area (Å²) in [5.41, 5.74) is 0. The summed E-state index contributed by atoms with van der Waals surface area (Å²) >= 11 is 0. The standard InChI is InChI=1S/C14H30O5/c1-5-17-9-7-13(15-3)11-19-12-14(16-4)8-10-18-6-2/h13-14H,5-12H2,1-4H3. The van der Waals surface area contributed by atoms with Crippen LogP contribution in [0.15, 0.2) is 0 Å². The van der Waals surface area contributed by atoms with Gasteiger partial charge in [-0.3, -0.25) is 0 Å². The Morgan fingerprint density at radius 3 is 1.42 bits per heavy atom. The highest BCUT2D eigenvalue weighted by atomic mass is 16.5. The maximum Gasteiger partial charge on any atom is 0.0826 e. The van der Waals surface area contributed by atoms with Crippen LogP contribution in [0.1, 0.15) is 26.7 Å². The molecule has 0 heterocycles. The van der Waals surface area contributed by atoms with Crippen LogP contribution in [0.5, 0.6) is 0 Å². The van der Waals surface area contributed by atoms with Gasteiger partial charge in [-0.2, -0.15) is 0 Å². The van der Waals surface area contributed by atoms with Crippen LogP contribution in [-0.2, 0) is 23.7 Å². The molecule has 0 amide bonds. The van der Waals surface area contributed by atoms with E-state index >= 15 is 0 Å². The van der Waals surface area contributed by atoms with Gasteiger partial charge in [0.05, 0.1) is 25.4 Å². The molecule has 0 N–H and O–H groups in total. The van der Waals surface area contributed by atoms with Gasteiger partial charge >= 0.3 is 0 Å². The van der Waals surface area contributed by atoms with E-state index < -0.39 is 0 Å². The van der Waals surface area contributed by atoms with Gasteiger partial charge in [-0.15, -0.1) is 0 Å². The lowest BCUT2D eigenvalue weighted by atomic mass is 10.2. The first-order valence-corrected chi connectivity index (χ1v) is 7.07. The molecular formula is C14H30O5. The second kappa shape index (κ2) is 14.2. The van der Waals surface area contributed by atoms with Crippen LogP contribution >= 0.6 is 0 Å². The highest BCUT2D eigenvalue weighted by Gasteiger charge is 2.11. The van der Waals surface area contributed by atoms with E-state index in [1.807, 2.05) is 13.8 Å². The van der Waals surface area contributed by atoms with E-state index in [0.717, 1.165) is 26.1 Å². The Labute approximate surface area is 117 Å². The largest absolute Gasteiger partial charge is 0.382 e. The molecule has 5 heteroatoms. The molecule has 0 aliphatic rings. The lowest BCUT2D eigenvalue weighted by Crippen LogP contribution is -2.26. The molecule has 0 spiro atoms. The van der Waals surface area contributed by atoms with E-state index in [0.29, 0.717) is 26.4 Å². The fourth-order valence-electron chi connectivity index (χ4n) is 1.59. The summed E-state index contributed by atoms with van der Waals surface area (Å²) in [6.45, 7) is 7.99. The monoisotopic (exact) mass is 278 g/mol. The Hall–Kier alpha value is -0.200. The summed E-state index contributed by atoms with van der Waals surface area (Å²) in [4.78, 5) is 0. The van der Waals surface area contributed by atoms with Crippen molar-refractivity contribution >= 4 is 0 Å². The van der Waals surface area contributed by atoms with Gasteiger partial charge in [0.25, 0.3) is 0 Å². The highest BCUT2D eigenvalue weighted by Crippen LogP contribution is 2.03. The van der Waals surface area contributed by atoms with Crippen molar-refractivity contribution in [2.75, 3.05) is 53.9 Å².